The number of rotatable bonds is 21. The monoisotopic (exact) mass is 568 g/mol. The lowest BCUT2D eigenvalue weighted by Crippen LogP contribution is -2.17. The van der Waals surface area contributed by atoms with Gasteiger partial charge in [-0.05, 0) is 29.4 Å². The normalized spacial score (nSPS) is 11.0. The molecule has 1 atom stereocenters. The minimum atomic E-state index is -0.379. The van der Waals surface area contributed by atoms with E-state index in [1.54, 1.807) is 24.3 Å². The Morgan fingerprint density at radius 3 is 1.44 bits per heavy atom. The van der Waals surface area contributed by atoms with Crippen molar-refractivity contribution in [1.82, 2.24) is 0 Å². The van der Waals surface area contributed by atoms with E-state index in [4.69, 9.17) is 42.6 Å². The molecule has 0 aliphatic heterocycles. The fourth-order valence-corrected chi connectivity index (χ4v) is 4.61. The zero-order valence-electron chi connectivity index (χ0n) is 23.8. The fourth-order valence-electron chi connectivity index (χ4n) is 3.48. The lowest BCUT2D eigenvalue weighted by molar-refractivity contribution is 0.105. The summed E-state index contributed by atoms with van der Waals surface area (Å²) in [5, 5.41) is 0.588. The highest BCUT2D eigenvalue weighted by atomic mass is 31.1. The first-order chi connectivity index (χ1) is 19.0. The van der Waals surface area contributed by atoms with Crippen LogP contribution in [0.2, 0.25) is 0 Å². The second kappa shape index (κ2) is 18.5. The molecule has 0 aliphatic rings. The summed E-state index contributed by atoms with van der Waals surface area (Å²) in [5.74, 6) is 2.67. The fraction of sp³-hybridized carbons (Fsp3) is 0.536. The van der Waals surface area contributed by atoms with Crippen LogP contribution in [0.5, 0.6) is 34.5 Å². The molecular formula is C28H41O10P. The van der Waals surface area contributed by atoms with Gasteiger partial charge >= 0.3 is 0 Å². The van der Waals surface area contributed by atoms with Gasteiger partial charge in [0.25, 0.3) is 0 Å². The minimum absolute atomic E-state index is 0.222. The number of benzene rings is 2. The molecule has 0 N–H and O–H groups in total. The molecule has 0 spiro atoms. The van der Waals surface area contributed by atoms with Crippen LogP contribution in [0, 0.1) is 0 Å². The SMILES string of the molecule is CCOCCOc1cc(OCCOCC)c(PC(=O)c2c(OC)cc(OC)cc2OC)c(OCCOCC)c1. The molecule has 11 heteroatoms. The number of methoxy groups -OCH3 is 3. The van der Waals surface area contributed by atoms with E-state index in [1.165, 1.54) is 21.3 Å². The van der Waals surface area contributed by atoms with Crippen molar-refractivity contribution in [2.75, 3.05) is 80.8 Å². The smallest absolute Gasteiger partial charge is 0.193 e. The van der Waals surface area contributed by atoms with Crippen molar-refractivity contribution >= 4 is 19.4 Å². The Morgan fingerprint density at radius 1 is 0.590 bits per heavy atom. The number of carbonyl (C=O) groups excluding carboxylic acids is 1. The first kappa shape index (κ1) is 32.4. The average Bonchev–Trinajstić information content (AvgIpc) is 2.96. The number of hydrogen-bond donors (Lipinski definition) is 0. The Bertz CT molecular complexity index is 956. The van der Waals surface area contributed by atoms with Gasteiger partial charge in [0.1, 0.15) is 59.9 Å². The zero-order chi connectivity index (χ0) is 28.5. The van der Waals surface area contributed by atoms with Crippen molar-refractivity contribution in [3.8, 4) is 34.5 Å². The van der Waals surface area contributed by atoms with Gasteiger partial charge < -0.3 is 42.6 Å². The van der Waals surface area contributed by atoms with Gasteiger partial charge in [-0.3, -0.25) is 4.79 Å². The van der Waals surface area contributed by atoms with Crippen molar-refractivity contribution in [1.29, 1.82) is 0 Å². The second-order valence-corrected chi connectivity index (χ2v) is 9.00. The van der Waals surface area contributed by atoms with E-state index in [0.717, 1.165) is 0 Å². The van der Waals surface area contributed by atoms with Crippen LogP contribution in [0.1, 0.15) is 31.1 Å². The summed E-state index contributed by atoms with van der Waals surface area (Å²) in [6.07, 6.45) is 0. The van der Waals surface area contributed by atoms with Crippen LogP contribution in [0.4, 0.5) is 0 Å². The molecule has 0 saturated heterocycles. The minimum Gasteiger partial charge on any atom is -0.496 e. The third-order valence-corrected chi connectivity index (χ3v) is 6.52. The molecule has 0 bridgehead atoms. The van der Waals surface area contributed by atoms with Crippen molar-refractivity contribution in [3.05, 3.63) is 29.8 Å². The van der Waals surface area contributed by atoms with E-state index >= 15 is 0 Å². The Morgan fingerprint density at radius 2 is 1.03 bits per heavy atom. The quantitative estimate of drug-likeness (QED) is 0.162. The summed E-state index contributed by atoms with van der Waals surface area (Å²) in [6, 6.07) is 6.81. The molecule has 2 aromatic rings. The van der Waals surface area contributed by atoms with Crippen molar-refractivity contribution in [3.63, 3.8) is 0 Å². The number of carbonyl (C=O) groups is 1. The Balaban J connectivity index is 2.49. The van der Waals surface area contributed by atoms with Gasteiger partial charge in [-0.25, -0.2) is 0 Å². The Labute approximate surface area is 232 Å². The standard InChI is InChI=1S/C28H41O10P/c1-7-33-10-13-36-21-18-24(37-14-11-34-8-2)27(25(19-21)38-15-12-35-9-3)39-28(29)26-22(31-5)16-20(30-4)17-23(26)32-6/h16-19,39H,7-15H2,1-6H3. The summed E-state index contributed by atoms with van der Waals surface area (Å²) in [5.41, 5.74) is 0.0809. The molecule has 0 heterocycles. The maximum atomic E-state index is 13.8. The number of hydrogen-bond acceptors (Lipinski definition) is 10. The highest BCUT2D eigenvalue weighted by Gasteiger charge is 2.25. The summed E-state index contributed by atoms with van der Waals surface area (Å²) in [6.45, 7) is 9.64. The van der Waals surface area contributed by atoms with Gasteiger partial charge in [0.15, 0.2) is 5.52 Å². The van der Waals surface area contributed by atoms with Crippen LogP contribution >= 0.6 is 8.58 Å². The van der Waals surface area contributed by atoms with Gasteiger partial charge in [-0.1, -0.05) is 0 Å². The summed E-state index contributed by atoms with van der Waals surface area (Å²) in [7, 11) is 4.14. The molecule has 2 aromatic carbocycles. The largest absolute Gasteiger partial charge is 0.496 e. The molecule has 0 aromatic heterocycles. The van der Waals surface area contributed by atoms with Crippen LogP contribution in [0.15, 0.2) is 24.3 Å². The van der Waals surface area contributed by atoms with Crippen LogP contribution in [-0.4, -0.2) is 86.3 Å². The maximum Gasteiger partial charge on any atom is 0.193 e. The van der Waals surface area contributed by atoms with Gasteiger partial charge in [-0.2, -0.15) is 0 Å². The average molecular weight is 569 g/mol. The predicted molar refractivity (Wildman–Crippen MR) is 151 cm³/mol. The highest BCUT2D eigenvalue weighted by Crippen LogP contribution is 2.41. The van der Waals surface area contributed by atoms with E-state index in [9.17, 15) is 4.79 Å². The zero-order valence-corrected chi connectivity index (χ0v) is 24.8. The molecule has 39 heavy (non-hydrogen) atoms. The molecule has 0 saturated carbocycles. The summed E-state index contributed by atoms with van der Waals surface area (Å²) < 4.78 is 50.7. The molecule has 0 fully saturated rings. The van der Waals surface area contributed by atoms with Crippen LogP contribution in [0.3, 0.4) is 0 Å². The molecule has 10 nitrogen and oxygen atoms in total. The van der Waals surface area contributed by atoms with Crippen molar-refractivity contribution in [2.24, 2.45) is 0 Å². The predicted octanol–water partition coefficient (Wildman–Crippen LogP) is 4.10. The van der Waals surface area contributed by atoms with Crippen molar-refractivity contribution < 1.29 is 47.4 Å². The van der Waals surface area contributed by atoms with Gasteiger partial charge in [0.05, 0.1) is 46.5 Å². The summed E-state index contributed by atoms with van der Waals surface area (Å²) in [4.78, 5) is 13.8. The van der Waals surface area contributed by atoms with E-state index in [0.29, 0.717) is 91.6 Å². The van der Waals surface area contributed by atoms with Crippen molar-refractivity contribution in [2.45, 2.75) is 20.8 Å². The third-order valence-electron chi connectivity index (χ3n) is 5.30. The summed E-state index contributed by atoms with van der Waals surface area (Å²) >= 11 is 0. The number of ether oxygens (including phenoxy) is 9. The molecule has 218 valence electrons. The van der Waals surface area contributed by atoms with Gasteiger partial charge in [0, 0.05) is 44.1 Å². The van der Waals surface area contributed by atoms with Gasteiger partial charge in [-0.15, -0.1) is 0 Å². The van der Waals surface area contributed by atoms with Crippen LogP contribution in [-0.2, 0) is 14.2 Å². The lowest BCUT2D eigenvalue weighted by Gasteiger charge is -2.19. The van der Waals surface area contributed by atoms with E-state index in [1.807, 2.05) is 20.8 Å². The van der Waals surface area contributed by atoms with E-state index in [-0.39, 0.29) is 27.3 Å². The molecule has 2 rings (SSSR count). The molecule has 1 unspecified atom stereocenters. The molecule has 0 amide bonds. The Kier molecular flexibility index (Phi) is 15.4. The van der Waals surface area contributed by atoms with Crippen LogP contribution < -0.4 is 33.7 Å². The maximum absolute atomic E-state index is 13.8. The van der Waals surface area contributed by atoms with Gasteiger partial charge in [0.2, 0.25) is 0 Å². The highest BCUT2D eigenvalue weighted by molar-refractivity contribution is 7.66. The topological polar surface area (TPSA) is 100 Å². The Hall–Kier alpha value is -2.78. The van der Waals surface area contributed by atoms with E-state index < -0.39 is 0 Å². The second-order valence-electron chi connectivity index (χ2n) is 7.79. The molecular weight excluding hydrogens is 527 g/mol. The van der Waals surface area contributed by atoms with Crippen LogP contribution in [0.25, 0.3) is 0 Å². The first-order valence-corrected chi connectivity index (χ1v) is 13.9. The molecule has 0 radical (unpaired) electrons. The van der Waals surface area contributed by atoms with E-state index in [2.05, 4.69) is 0 Å². The lowest BCUT2D eigenvalue weighted by atomic mass is 10.2. The first-order valence-electron chi connectivity index (χ1n) is 12.9. The third kappa shape index (κ3) is 10.4. The molecule has 0 aliphatic carbocycles.